The Kier molecular flexibility index (Phi) is 8.09. The van der Waals surface area contributed by atoms with Crippen molar-refractivity contribution in [1.29, 1.82) is 0 Å². The first-order valence-electron chi connectivity index (χ1n) is 13.2. The zero-order valence-corrected chi connectivity index (χ0v) is 24.3. The van der Waals surface area contributed by atoms with E-state index in [-0.39, 0.29) is 18.8 Å². The Morgan fingerprint density at radius 2 is 1.86 bits per heavy atom. The average Bonchev–Trinajstić information content (AvgIpc) is 3.75. The molecule has 2 aliphatic rings. The van der Waals surface area contributed by atoms with E-state index in [0.717, 1.165) is 15.8 Å². The van der Waals surface area contributed by atoms with Crippen molar-refractivity contribution in [2.45, 2.75) is 41.4 Å². The van der Waals surface area contributed by atoms with Gasteiger partial charge in [-0.15, -0.1) is 22.0 Å². The van der Waals surface area contributed by atoms with Gasteiger partial charge in [0.2, 0.25) is 5.16 Å². The minimum Gasteiger partial charge on any atom is -0.452 e. The fourth-order valence-corrected chi connectivity index (χ4v) is 7.90. The standard InChI is InChI=1S/C26H26N10O5S2/c1-16(43-25-28-31-32-29-25)26(24(39)41-21(17-8-4-2-5-9-17)18-10-6-3-7-11-18)13-35-22(38)20(23(35)42-14-26)36(40)19(37)12-34-15-27-30-33-34/h2-11,15-16,20-21,23,40H,12-14H2,1H3,(H,28,29,31,32)/t16?,20?,23-,26?/m1/s1. The van der Waals surface area contributed by atoms with Crippen LogP contribution in [0.3, 0.4) is 0 Å². The van der Waals surface area contributed by atoms with E-state index >= 15 is 0 Å². The number of thioether (sulfide) groups is 2. The number of benzene rings is 2. The van der Waals surface area contributed by atoms with Gasteiger partial charge in [0.05, 0.1) is 0 Å². The number of esters is 1. The molecule has 2 fully saturated rings. The van der Waals surface area contributed by atoms with Crippen LogP contribution in [0.1, 0.15) is 24.2 Å². The van der Waals surface area contributed by atoms with E-state index in [1.165, 1.54) is 34.8 Å². The third-order valence-corrected chi connectivity index (χ3v) is 10.3. The molecule has 0 bridgehead atoms. The number of aromatic amines is 1. The van der Waals surface area contributed by atoms with Gasteiger partial charge in [-0.2, -0.15) is 0 Å². The van der Waals surface area contributed by atoms with Crippen molar-refractivity contribution >= 4 is 41.3 Å². The van der Waals surface area contributed by atoms with Gasteiger partial charge in [0.1, 0.15) is 23.7 Å². The number of hydroxylamine groups is 2. The van der Waals surface area contributed by atoms with Gasteiger partial charge in [-0.3, -0.25) is 19.6 Å². The maximum absolute atomic E-state index is 14.3. The van der Waals surface area contributed by atoms with E-state index in [1.54, 1.807) is 0 Å². The summed E-state index contributed by atoms with van der Waals surface area (Å²) in [6, 6.07) is 17.8. The first kappa shape index (κ1) is 28.8. The van der Waals surface area contributed by atoms with Crippen LogP contribution in [0.2, 0.25) is 0 Å². The number of amides is 2. The topological polar surface area (TPSA) is 185 Å². The highest BCUT2D eigenvalue weighted by atomic mass is 32.2. The van der Waals surface area contributed by atoms with E-state index < -0.39 is 46.0 Å². The van der Waals surface area contributed by atoms with Crippen molar-refractivity contribution < 1.29 is 24.3 Å². The zero-order valence-electron chi connectivity index (χ0n) is 22.7. The Hall–Kier alpha value is -4.35. The molecule has 6 rings (SSSR count). The van der Waals surface area contributed by atoms with Crippen molar-refractivity contribution in [3.63, 3.8) is 0 Å². The Bertz CT molecular complexity index is 1520. The molecular formula is C26H26N10O5S2. The number of aromatic nitrogens is 8. The molecule has 4 heterocycles. The molecule has 15 nitrogen and oxygen atoms in total. The highest BCUT2D eigenvalue weighted by molar-refractivity contribution is 8.01. The Labute approximate surface area is 253 Å². The molecule has 2 aliphatic heterocycles. The highest BCUT2D eigenvalue weighted by Gasteiger charge is 2.62. The van der Waals surface area contributed by atoms with Gasteiger partial charge in [0.25, 0.3) is 11.8 Å². The van der Waals surface area contributed by atoms with Crippen molar-refractivity contribution in [3.8, 4) is 0 Å². The Balaban J connectivity index is 1.26. The molecule has 0 aliphatic carbocycles. The van der Waals surface area contributed by atoms with Gasteiger partial charge in [0.15, 0.2) is 12.1 Å². The zero-order chi connectivity index (χ0) is 30.0. The summed E-state index contributed by atoms with van der Waals surface area (Å²) < 4.78 is 7.47. The number of nitrogens with one attached hydrogen (secondary N) is 1. The fourth-order valence-electron chi connectivity index (χ4n) is 5.11. The summed E-state index contributed by atoms with van der Waals surface area (Å²) in [6.07, 6.45) is 0.548. The summed E-state index contributed by atoms with van der Waals surface area (Å²) in [5.74, 6) is -1.46. The van der Waals surface area contributed by atoms with Crippen molar-refractivity contribution in [3.05, 3.63) is 78.1 Å². The van der Waals surface area contributed by atoms with E-state index in [1.807, 2.05) is 67.6 Å². The van der Waals surface area contributed by atoms with Gasteiger partial charge in [-0.05, 0) is 32.0 Å². The van der Waals surface area contributed by atoms with Gasteiger partial charge in [0, 0.05) is 17.5 Å². The molecule has 2 aromatic carbocycles. The lowest BCUT2D eigenvalue weighted by atomic mass is 9.83. The second kappa shape index (κ2) is 12.1. The second-order valence-corrected chi connectivity index (χ2v) is 12.5. The SMILES string of the molecule is CC(Sc1nnn[nH]1)C1(C(=O)OC(c2ccccc2)c2ccccc2)CS[C@@H]2C(N(O)C(=O)Cn3cnnn3)C(=O)N2C1. The average molecular weight is 623 g/mol. The number of tetrazole rings is 2. The summed E-state index contributed by atoms with van der Waals surface area (Å²) >= 11 is 2.57. The summed E-state index contributed by atoms with van der Waals surface area (Å²) in [6.45, 7) is 1.55. The minimum absolute atomic E-state index is 0.0138. The summed E-state index contributed by atoms with van der Waals surface area (Å²) in [7, 11) is 0. The number of carbonyl (C=O) groups is 3. The van der Waals surface area contributed by atoms with Crippen LogP contribution in [0.25, 0.3) is 0 Å². The smallest absolute Gasteiger partial charge is 0.316 e. The maximum atomic E-state index is 14.3. The van der Waals surface area contributed by atoms with E-state index in [4.69, 9.17) is 4.74 Å². The molecule has 2 aromatic heterocycles. The highest BCUT2D eigenvalue weighted by Crippen LogP contribution is 2.49. The van der Waals surface area contributed by atoms with Crippen molar-refractivity contribution in [1.82, 2.24) is 50.8 Å². The first-order valence-corrected chi connectivity index (χ1v) is 15.2. The molecule has 0 radical (unpaired) electrons. The number of fused-ring (bicyclic) bond motifs is 1. The summed E-state index contributed by atoms with van der Waals surface area (Å²) in [5.41, 5.74) is 0.420. The number of hydrogen-bond acceptors (Lipinski definition) is 13. The lowest BCUT2D eigenvalue weighted by molar-refractivity contribution is -0.203. The van der Waals surface area contributed by atoms with E-state index in [2.05, 4.69) is 36.1 Å². The Morgan fingerprint density at radius 3 is 2.47 bits per heavy atom. The molecule has 4 aromatic rings. The molecule has 3 unspecified atom stereocenters. The molecule has 17 heteroatoms. The number of hydrogen-bond donors (Lipinski definition) is 2. The number of ether oxygens (including phenoxy) is 1. The number of rotatable bonds is 10. The van der Waals surface area contributed by atoms with Crippen LogP contribution >= 0.6 is 23.5 Å². The number of carbonyl (C=O) groups excluding carboxylic acids is 3. The lowest BCUT2D eigenvalue weighted by Crippen LogP contribution is -2.74. The monoisotopic (exact) mass is 622 g/mol. The van der Waals surface area contributed by atoms with Gasteiger partial charge in [-0.25, -0.2) is 14.8 Å². The van der Waals surface area contributed by atoms with Crippen LogP contribution in [0.15, 0.2) is 72.1 Å². The maximum Gasteiger partial charge on any atom is 0.316 e. The molecule has 2 amide bonds. The van der Waals surface area contributed by atoms with E-state index in [0.29, 0.717) is 10.2 Å². The van der Waals surface area contributed by atoms with Crippen molar-refractivity contribution in [2.24, 2.45) is 5.41 Å². The molecule has 0 saturated carbocycles. The molecular weight excluding hydrogens is 596 g/mol. The Morgan fingerprint density at radius 1 is 1.16 bits per heavy atom. The molecule has 43 heavy (non-hydrogen) atoms. The predicted octanol–water partition coefficient (Wildman–Crippen LogP) is 1.19. The largest absolute Gasteiger partial charge is 0.452 e. The van der Waals surface area contributed by atoms with Crippen LogP contribution in [-0.2, 0) is 25.7 Å². The van der Waals surface area contributed by atoms with E-state index in [9.17, 15) is 19.6 Å². The van der Waals surface area contributed by atoms with Crippen LogP contribution in [0, 0.1) is 5.41 Å². The number of β-lactam (4-membered cyclic amide) rings is 1. The van der Waals surface area contributed by atoms with Gasteiger partial charge >= 0.3 is 5.97 Å². The predicted molar refractivity (Wildman–Crippen MR) is 151 cm³/mol. The third-order valence-electron chi connectivity index (χ3n) is 7.51. The third kappa shape index (κ3) is 5.57. The molecule has 0 spiro atoms. The fraction of sp³-hybridized carbons (Fsp3) is 0.346. The van der Waals surface area contributed by atoms with Crippen LogP contribution in [0.4, 0.5) is 0 Å². The molecule has 2 N–H and O–H groups in total. The minimum atomic E-state index is -1.18. The molecule has 2 saturated heterocycles. The second-order valence-electron chi connectivity index (χ2n) is 10.1. The molecule has 4 atom stereocenters. The summed E-state index contributed by atoms with van der Waals surface area (Å²) in [4.78, 5) is 41.9. The van der Waals surface area contributed by atoms with Crippen LogP contribution < -0.4 is 0 Å². The normalized spacial score (nSPS) is 22.0. The van der Waals surface area contributed by atoms with Crippen LogP contribution in [-0.4, -0.2) is 103 Å². The van der Waals surface area contributed by atoms with Crippen LogP contribution in [0.5, 0.6) is 0 Å². The lowest BCUT2D eigenvalue weighted by Gasteiger charge is -2.56. The number of H-pyrrole nitrogens is 1. The van der Waals surface area contributed by atoms with Gasteiger partial charge in [-0.1, -0.05) is 79.3 Å². The molecule has 222 valence electrons. The summed E-state index contributed by atoms with van der Waals surface area (Å²) in [5, 5.41) is 35.0. The van der Waals surface area contributed by atoms with Crippen molar-refractivity contribution in [2.75, 3.05) is 12.3 Å². The quantitative estimate of drug-likeness (QED) is 0.0845. The number of nitrogens with zero attached hydrogens (tertiary/aromatic N) is 9. The first-order chi connectivity index (χ1) is 20.9. The van der Waals surface area contributed by atoms with Gasteiger partial charge < -0.3 is 9.64 Å².